The van der Waals surface area contributed by atoms with Crippen LogP contribution in [0.4, 0.5) is 19.6 Å². The fourth-order valence-electron chi connectivity index (χ4n) is 3.48. The third-order valence-electron chi connectivity index (χ3n) is 5.36. The minimum atomic E-state index is -1.43. The number of nitrogens with zero attached hydrogens (tertiary/aromatic N) is 2. The van der Waals surface area contributed by atoms with E-state index in [0.717, 1.165) is 23.5 Å². The normalized spacial score (nSPS) is 11.5. The summed E-state index contributed by atoms with van der Waals surface area (Å²) in [6.07, 6.45) is 1.65. The molecule has 3 heterocycles. The lowest BCUT2D eigenvalue weighted by molar-refractivity contribution is 0.0778. The van der Waals surface area contributed by atoms with Crippen LogP contribution in [0.2, 0.25) is 0 Å². The number of primary amides is 1. The molecule has 180 valence electrons. The van der Waals surface area contributed by atoms with Crippen LogP contribution in [0.1, 0.15) is 29.8 Å². The zero-order chi connectivity index (χ0) is 25.5. The molecule has 0 saturated carbocycles. The number of amides is 1. The van der Waals surface area contributed by atoms with Crippen LogP contribution in [-0.4, -0.2) is 20.6 Å². The molecule has 10 heteroatoms. The molecule has 0 saturated heterocycles. The largest absolute Gasteiger partial charge is 0.386 e. The van der Waals surface area contributed by atoms with E-state index in [0.29, 0.717) is 17.1 Å². The van der Waals surface area contributed by atoms with Crippen molar-refractivity contribution in [3.05, 3.63) is 87.8 Å². The molecule has 0 aliphatic rings. The van der Waals surface area contributed by atoms with Gasteiger partial charge in [0.05, 0.1) is 22.4 Å². The Kier molecular flexibility index (Phi) is 6.27. The van der Waals surface area contributed by atoms with Crippen molar-refractivity contribution in [1.82, 2.24) is 9.55 Å². The third kappa shape index (κ3) is 4.98. The molecule has 0 radical (unpaired) electrons. The highest BCUT2D eigenvalue weighted by molar-refractivity contribution is 7.20. The van der Waals surface area contributed by atoms with Crippen LogP contribution < -0.4 is 16.6 Å². The van der Waals surface area contributed by atoms with E-state index < -0.39 is 23.1 Å². The lowest BCUT2D eigenvalue weighted by Gasteiger charge is -2.18. The van der Waals surface area contributed by atoms with Gasteiger partial charge in [0.15, 0.2) is 0 Å². The molecular weight excluding hydrogens is 474 g/mol. The number of carbonyl (C=O) groups is 1. The predicted molar refractivity (Wildman–Crippen MR) is 132 cm³/mol. The van der Waals surface area contributed by atoms with E-state index in [2.05, 4.69) is 10.3 Å². The summed E-state index contributed by atoms with van der Waals surface area (Å²) in [5.41, 5.74) is 5.01. The maximum Gasteiger partial charge on any atom is 0.251 e. The van der Waals surface area contributed by atoms with Crippen LogP contribution in [-0.2, 0) is 12.6 Å². The van der Waals surface area contributed by atoms with Gasteiger partial charge >= 0.3 is 0 Å². The Hall–Kier alpha value is -3.89. The van der Waals surface area contributed by atoms with Crippen LogP contribution in [0.5, 0.6) is 0 Å². The Morgan fingerprint density at radius 3 is 2.43 bits per heavy atom. The van der Waals surface area contributed by atoms with Gasteiger partial charge in [0.2, 0.25) is 5.56 Å². The summed E-state index contributed by atoms with van der Waals surface area (Å²) in [5.74, 6) is -2.16. The van der Waals surface area contributed by atoms with Crippen LogP contribution >= 0.6 is 11.3 Å². The molecule has 4 aromatic rings. The van der Waals surface area contributed by atoms with Crippen LogP contribution in [0.3, 0.4) is 0 Å². The summed E-state index contributed by atoms with van der Waals surface area (Å²) < 4.78 is 31.2. The Labute approximate surface area is 203 Å². The van der Waals surface area contributed by atoms with Gasteiger partial charge in [-0.15, -0.1) is 11.3 Å². The Morgan fingerprint density at radius 1 is 1.14 bits per heavy atom. The molecule has 4 rings (SSSR count). The topological polar surface area (TPSA) is 110 Å². The number of halogens is 2. The van der Waals surface area contributed by atoms with E-state index >= 15 is 0 Å². The monoisotopic (exact) mass is 496 g/mol. The van der Waals surface area contributed by atoms with Gasteiger partial charge in [-0.2, -0.15) is 0 Å². The first kappa shape index (κ1) is 24.2. The molecule has 0 aliphatic carbocycles. The molecule has 0 aliphatic heterocycles. The average molecular weight is 497 g/mol. The molecule has 0 atom stereocenters. The van der Waals surface area contributed by atoms with Gasteiger partial charge in [-0.1, -0.05) is 6.07 Å². The Morgan fingerprint density at radius 2 is 1.83 bits per heavy atom. The SMILES string of the molecule is Cn1cc(-c2cccc(Nc3sc(-c4c(F)cc(C(C)(C)O)cc4F)cc3C(N)=O)n2)ccc1=O. The fourth-order valence-corrected chi connectivity index (χ4v) is 4.60. The Balaban J connectivity index is 1.73. The number of aryl methyl sites for hydroxylation is 1. The number of hydrogen-bond acceptors (Lipinski definition) is 6. The van der Waals surface area contributed by atoms with Crippen molar-refractivity contribution >= 4 is 28.1 Å². The number of nitrogens with one attached hydrogen (secondary N) is 1. The first-order chi connectivity index (χ1) is 16.4. The first-order valence-electron chi connectivity index (χ1n) is 10.5. The quantitative estimate of drug-likeness (QED) is 0.364. The number of rotatable bonds is 6. The minimum Gasteiger partial charge on any atom is -0.386 e. The summed E-state index contributed by atoms with van der Waals surface area (Å²) in [7, 11) is 1.63. The van der Waals surface area contributed by atoms with Crippen LogP contribution in [0.25, 0.3) is 21.7 Å². The highest BCUT2D eigenvalue weighted by Gasteiger charge is 2.24. The highest BCUT2D eigenvalue weighted by Crippen LogP contribution is 2.40. The van der Waals surface area contributed by atoms with E-state index in [1.165, 1.54) is 30.5 Å². The van der Waals surface area contributed by atoms with Gasteiger partial charge in [-0.25, -0.2) is 13.8 Å². The minimum absolute atomic E-state index is 0.0460. The molecule has 0 spiro atoms. The molecule has 0 fully saturated rings. The molecule has 0 unspecified atom stereocenters. The second-order valence-electron chi connectivity index (χ2n) is 8.49. The summed E-state index contributed by atoms with van der Waals surface area (Å²) in [5, 5.41) is 13.4. The number of pyridine rings is 2. The van der Waals surface area contributed by atoms with E-state index in [1.54, 1.807) is 37.5 Å². The van der Waals surface area contributed by atoms with Gasteiger partial charge in [-0.05, 0) is 55.8 Å². The Bertz CT molecular complexity index is 1480. The summed E-state index contributed by atoms with van der Waals surface area (Å²) >= 11 is 0.944. The van der Waals surface area contributed by atoms with Crippen molar-refractivity contribution in [3.63, 3.8) is 0 Å². The summed E-state index contributed by atoms with van der Waals surface area (Å²) in [6, 6.07) is 11.7. The number of aliphatic hydroxyl groups is 1. The second-order valence-corrected chi connectivity index (χ2v) is 9.54. The number of thiophene rings is 1. The van der Waals surface area contributed by atoms with Gasteiger partial charge in [0.1, 0.15) is 22.5 Å². The first-order valence-corrected chi connectivity index (χ1v) is 11.3. The molecule has 4 N–H and O–H groups in total. The van der Waals surface area contributed by atoms with E-state index in [4.69, 9.17) is 5.73 Å². The van der Waals surface area contributed by atoms with Crippen molar-refractivity contribution in [1.29, 1.82) is 0 Å². The molecule has 7 nitrogen and oxygen atoms in total. The number of carbonyl (C=O) groups excluding carboxylic acids is 1. The van der Waals surface area contributed by atoms with Crippen molar-refractivity contribution in [2.24, 2.45) is 12.8 Å². The van der Waals surface area contributed by atoms with E-state index in [-0.39, 0.29) is 32.1 Å². The number of benzene rings is 1. The smallest absolute Gasteiger partial charge is 0.251 e. The molecule has 1 amide bonds. The predicted octanol–water partition coefficient (Wildman–Crippen LogP) is 4.52. The van der Waals surface area contributed by atoms with Gasteiger partial charge in [-0.3, -0.25) is 9.59 Å². The number of hydrogen-bond donors (Lipinski definition) is 3. The van der Waals surface area contributed by atoms with Crippen LogP contribution in [0, 0.1) is 11.6 Å². The maximum atomic E-state index is 14.9. The van der Waals surface area contributed by atoms with Gasteiger partial charge in [0.25, 0.3) is 5.91 Å². The number of anilines is 2. The summed E-state index contributed by atoms with van der Waals surface area (Å²) in [6.45, 7) is 2.85. The molecule has 35 heavy (non-hydrogen) atoms. The highest BCUT2D eigenvalue weighted by atomic mass is 32.1. The zero-order valence-corrected chi connectivity index (χ0v) is 19.9. The summed E-state index contributed by atoms with van der Waals surface area (Å²) in [4.78, 5) is 28.4. The van der Waals surface area contributed by atoms with E-state index in [1.807, 2.05) is 0 Å². The van der Waals surface area contributed by atoms with E-state index in [9.17, 15) is 23.5 Å². The maximum absolute atomic E-state index is 14.9. The second kappa shape index (κ2) is 9.05. The van der Waals surface area contributed by atoms with Crippen molar-refractivity contribution < 1.29 is 18.7 Å². The fraction of sp³-hybridized carbons (Fsp3) is 0.160. The number of nitrogens with two attached hydrogens (primary N) is 1. The number of aromatic nitrogens is 2. The molecule has 3 aromatic heterocycles. The molecular formula is C25H22F2N4O3S. The average Bonchev–Trinajstić information content (AvgIpc) is 3.18. The lowest BCUT2D eigenvalue weighted by atomic mass is 9.96. The third-order valence-corrected chi connectivity index (χ3v) is 6.43. The van der Waals surface area contributed by atoms with Gasteiger partial charge < -0.3 is 20.7 Å². The van der Waals surface area contributed by atoms with Gasteiger partial charge in [0, 0.05) is 29.8 Å². The van der Waals surface area contributed by atoms with Crippen LogP contribution in [0.15, 0.2) is 59.5 Å². The standard InChI is InChI=1S/C25H22F2N4O3S/c1-25(2,34)14-9-16(26)22(17(27)10-14)19-11-15(23(28)33)24(35-19)30-20-6-4-5-18(29-20)13-7-8-21(32)31(3)12-13/h4-12,34H,1-3H3,(H2,28,33)(H,29,30). The van der Waals surface area contributed by atoms with Crippen molar-refractivity contribution in [3.8, 4) is 21.7 Å². The zero-order valence-electron chi connectivity index (χ0n) is 19.1. The lowest BCUT2D eigenvalue weighted by Crippen LogP contribution is -2.16. The van der Waals surface area contributed by atoms with Crippen molar-refractivity contribution in [2.45, 2.75) is 19.4 Å². The molecule has 0 bridgehead atoms. The van der Waals surface area contributed by atoms with Crippen molar-refractivity contribution in [2.75, 3.05) is 5.32 Å². The molecule has 1 aromatic carbocycles.